The van der Waals surface area contributed by atoms with E-state index in [2.05, 4.69) is 0 Å². The minimum absolute atomic E-state index is 0.112. The largest absolute Gasteiger partial charge is 0.481 e. The number of benzene rings is 1. The van der Waals surface area contributed by atoms with Crippen molar-refractivity contribution in [1.29, 1.82) is 0 Å². The van der Waals surface area contributed by atoms with Crippen LogP contribution in [0.1, 0.15) is 6.42 Å². The third-order valence-electron chi connectivity index (χ3n) is 2.31. The lowest BCUT2D eigenvalue weighted by atomic mass is 10.2. The Morgan fingerprint density at radius 3 is 2.37 bits per heavy atom. The number of rotatable bonds is 6. The van der Waals surface area contributed by atoms with Gasteiger partial charge in [-0.2, -0.15) is 0 Å². The minimum atomic E-state index is -0.962. The molecule has 0 bridgehead atoms. The van der Waals surface area contributed by atoms with Gasteiger partial charge in [-0.3, -0.25) is 14.9 Å². The molecule has 0 radical (unpaired) electrons. The van der Waals surface area contributed by atoms with E-state index in [1.165, 1.54) is 0 Å². The van der Waals surface area contributed by atoms with E-state index in [9.17, 15) is 14.4 Å². The molecule has 0 aliphatic rings. The molecule has 0 fully saturated rings. The van der Waals surface area contributed by atoms with E-state index in [4.69, 9.17) is 10.8 Å². The second-order valence-corrected chi connectivity index (χ2v) is 3.81. The average molecular weight is 265 g/mol. The predicted molar refractivity (Wildman–Crippen MR) is 68.6 cm³/mol. The Kier molecular flexibility index (Phi) is 5.34. The van der Waals surface area contributed by atoms with E-state index in [0.717, 1.165) is 0 Å². The highest BCUT2D eigenvalue weighted by atomic mass is 16.4. The minimum Gasteiger partial charge on any atom is -0.481 e. The first kappa shape index (κ1) is 14.5. The molecule has 0 saturated carbocycles. The lowest BCUT2D eigenvalue weighted by molar-refractivity contribution is -0.136. The fraction of sp³-hybridized carbons (Fsp3) is 0.250. The van der Waals surface area contributed by atoms with Crippen LogP contribution in [0.15, 0.2) is 30.3 Å². The zero-order chi connectivity index (χ0) is 14.3. The number of carbonyl (C=O) groups excluding carboxylic acids is 2. The average Bonchev–Trinajstić information content (AvgIpc) is 2.34. The zero-order valence-electron chi connectivity index (χ0n) is 10.2. The Labute approximate surface area is 110 Å². The summed E-state index contributed by atoms with van der Waals surface area (Å²) in [4.78, 5) is 34.2. The van der Waals surface area contributed by atoms with E-state index in [1.807, 2.05) is 11.4 Å². The van der Waals surface area contributed by atoms with E-state index in [1.54, 1.807) is 29.2 Å². The first-order chi connectivity index (χ1) is 8.99. The number of hydrogen-bond donors (Lipinski definition) is 3. The molecular weight excluding hydrogens is 250 g/mol. The monoisotopic (exact) mass is 265 g/mol. The van der Waals surface area contributed by atoms with Crippen LogP contribution in [0.25, 0.3) is 0 Å². The Balaban J connectivity index is 2.72. The number of imide groups is 1. The molecular formula is C12H15N3O4. The summed E-state index contributed by atoms with van der Waals surface area (Å²) >= 11 is 0. The van der Waals surface area contributed by atoms with Gasteiger partial charge in [0, 0.05) is 12.2 Å². The third kappa shape index (κ3) is 5.53. The third-order valence-corrected chi connectivity index (χ3v) is 2.31. The van der Waals surface area contributed by atoms with Crippen LogP contribution in [0.5, 0.6) is 0 Å². The number of hydrogen-bond acceptors (Lipinski definition) is 4. The Hall–Kier alpha value is -2.57. The summed E-state index contributed by atoms with van der Waals surface area (Å²) in [5.74, 6) is -1.54. The number of amides is 3. The highest BCUT2D eigenvalue weighted by molar-refractivity contribution is 5.95. The molecule has 0 spiro atoms. The number of nitrogens with two attached hydrogens (primary N) is 1. The van der Waals surface area contributed by atoms with E-state index in [0.29, 0.717) is 5.69 Å². The van der Waals surface area contributed by atoms with Gasteiger partial charge >= 0.3 is 12.0 Å². The van der Waals surface area contributed by atoms with Crippen LogP contribution in [0.4, 0.5) is 10.5 Å². The van der Waals surface area contributed by atoms with Crippen LogP contribution in [-0.2, 0) is 9.59 Å². The Morgan fingerprint density at radius 2 is 1.84 bits per heavy atom. The molecule has 1 aromatic carbocycles. The lowest BCUT2D eigenvalue weighted by Crippen LogP contribution is -2.43. The molecule has 0 aliphatic heterocycles. The highest BCUT2D eigenvalue weighted by Gasteiger charge is 2.13. The maximum atomic E-state index is 11.5. The number of nitrogens with zero attached hydrogens (tertiary/aromatic N) is 1. The first-order valence-electron chi connectivity index (χ1n) is 5.60. The van der Waals surface area contributed by atoms with Gasteiger partial charge in [0.15, 0.2) is 0 Å². The molecule has 0 aromatic heterocycles. The molecule has 7 nitrogen and oxygen atoms in total. The van der Waals surface area contributed by atoms with Gasteiger partial charge in [-0.15, -0.1) is 0 Å². The van der Waals surface area contributed by atoms with Gasteiger partial charge in [-0.05, 0) is 12.1 Å². The number of carbonyl (C=O) groups is 3. The normalized spacial score (nSPS) is 9.68. The summed E-state index contributed by atoms with van der Waals surface area (Å²) in [5.41, 5.74) is 5.54. The van der Waals surface area contributed by atoms with Crippen LogP contribution in [0, 0.1) is 0 Å². The fourth-order valence-corrected chi connectivity index (χ4v) is 1.52. The van der Waals surface area contributed by atoms with Crippen molar-refractivity contribution in [2.45, 2.75) is 6.42 Å². The number of nitrogens with one attached hydrogen (secondary N) is 1. The molecule has 0 atom stereocenters. The molecule has 3 amide bonds. The maximum absolute atomic E-state index is 11.5. The predicted octanol–water partition coefficient (Wildman–Crippen LogP) is 0.163. The lowest BCUT2D eigenvalue weighted by Gasteiger charge is -2.23. The van der Waals surface area contributed by atoms with E-state index in [-0.39, 0.29) is 19.5 Å². The van der Waals surface area contributed by atoms with Crippen molar-refractivity contribution in [3.8, 4) is 0 Å². The number of urea groups is 1. The SMILES string of the molecule is NC(=O)NC(=O)CN(CCC(=O)O)c1ccccc1. The molecule has 0 unspecified atom stereocenters. The number of para-hydroxylation sites is 1. The molecule has 0 aliphatic carbocycles. The summed E-state index contributed by atoms with van der Waals surface area (Å²) in [7, 11) is 0. The quantitative estimate of drug-likeness (QED) is 0.678. The molecule has 7 heteroatoms. The second-order valence-electron chi connectivity index (χ2n) is 3.81. The standard InChI is InChI=1S/C12H15N3O4/c13-12(19)14-10(16)8-15(7-6-11(17)18)9-4-2-1-3-5-9/h1-5H,6-8H2,(H,17,18)(H3,13,14,16,19). The Bertz CT molecular complexity index is 461. The van der Waals surface area contributed by atoms with Gasteiger partial charge < -0.3 is 15.7 Å². The number of primary amides is 1. The fourth-order valence-electron chi connectivity index (χ4n) is 1.52. The molecule has 0 saturated heterocycles. The number of carboxylic acids is 1. The number of aliphatic carboxylic acids is 1. The van der Waals surface area contributed by atoms with Crippen molar-refractivity contribution in [2.75, 3.05) is 18.0 Å². The smallest absolute Gasteiger partial charge is 0.318 e. The van der Waals surface area contributed by atoms with Crippen molar-refractivity contribution in [1.82, 2.24) is 5.32 Å². The van der Waals surface area contributed by atoms with Crippen LogP contribution >= 0.6 is 0 Å². The van der Waals surface area contributed by atoms with Crippen LogP contribution < -0.4 is 16.0 Å². The molecule has 102 valence electrons. The van der Waals surface area contributed by atoms with Crippen LogP contribution in [-0.4, -0.2) is 36.1 Å². The van der Waals surface area contributed by atoms with Crippen molar-refractivity contribution in [2.24, 2.45) is 5.73 Å². The van der Waals surface area contributed by atoms with Crippen molar-refractivity contribution >= 4 is 23.6 Å². The van der Waals surface area contributed by atoms with Crippen molar-refractivity contribution < 1.29 is 19.5 Å². The van der Waals surface area contributed by atoms with E-state index >= 15 is 0 Å². The topological polar surface area (TPSA) is 113 Å². The first-order valence-corrected chi connectivity index (χ1v) is 5.60. The molecule has 1 aromatic rings. The molecule has 19 heavy (non-hydrogen) atoms. The van der Waals surface area contributed by atoms with Crippen LogP contribution in [0.3, 0.4) is 0 Å². The molecule has 4 N–H and O–H groups in total. The van der Waals surface area contributed by atoms with E-state index < -0.39 is 17.9 Å². The summed E-state index contributed by atoms with van der Waals surface area (Å²) < 4.78 is 0. The van der Waals surface area contributed by atoms with Gasteiger partial charge in [0.2, 0.25) is 5.91 Å². The zero-order valence-corrected chi connectivity index (χ0v) is 10.2. The van der Waals surface area contributed by atoms with Gasteiger partial charge in [0.1, 0.15) is 0 Å². The van der Waals surface area contributed by atoms with Crippen molar-refractivity contribution in [3.05, 3.63) is 30.3 Å². The number of carboxylic acid groups (broad SMARTS) is 1. The van der Waals surface area contributed by atoms with Crippen molar-refractivity contribution in [3.63, 3.8) is 0 Å². The second kappa shape index (κ2) is 7.00. The number of anilines is 1. The molecule has 0 heterocycles. The van der Waals surface area contributed by atoms with Gasteiger partial charge in [-0.1, -0.05) is 18.2 Å². The summed E-state index contributed by atoms with van der Waals surface area (Å²) in [6.07, 6.45) is -0.112. The van der Waals surface area contributed by atoms with Crippen LogP contribution in [0.2, 0.25) is 0 Å². The van der Waals surface area contributed by atoms with Gasteiger partial charge in [0.05, 0.1) is 13.0 Å². The summed E-state index contributed by atoms with van der Waals surface area (Å²) in [6.45, 7) is 0.0196. The summed E-state index contributed by atoms with van der Waals surface area (Å²) in [5, 5.41) is 10.6. The Morgan fingerprint density at radius 1 is 1.21 bits per heavy atom. The van der Waals surface area contributed by atoms with Gasteiger partial charge in [0.25, 0.3) is 0 Å². The van der Waals surface area contributed by atoms with Gasteiger partial charge in [-0.25, -0.2) is 4.79 Å². The molecule has 1 rings (SSSR count). The highest BCUT2D eigenvalue weighted by Crippen LogP contribution is 2.13. The summed E-state index contributed by atoms with van der Waals surface area (Å²) in [6, 6.07) is 7.92. The maximum Gasteiger partial charge on any atom is 0.318 e.